The topological polar surface area (TPSA) is 50.7 Å². The molecule has 2 aromatic carbocycles. The molecule has 21 heavy (non-hydrogen) atoms. The molecule has 1 heterocycles. The van der Waals surface area contributed by atoms with Gasteiger partial charge in [-0.1, -0.05) is 53.2 Å². The Hall–Kier alpha value is -2.62. The Morgan fingerprint density at radius 2 is 1.86 bits per heavy atom. The van der Waals surface area contributed by atoms with Crippen molar-refractivity contribution in [3.8, 4) is 0 Å². The lowest BCUT2D eigenvalue weighted by Gasteiger charge is -2.09. The van der Waals surface area contributed by atoms with E-state index >= 15 is 0 Å². The molecule has 4 heteroatoms. The number of anilines is 1. The summed E-state index contributed by atoms with van der Waals surface area (Å²) in [5, 5.41) is 6.87. The highest BCUT2D eigenvalue weighted by molar-refractivity contribution is 6.06. The number of nitrogens with zero attached hydrogens (tertiary/aromatic N) is 1. The molecule has 0 aromatic heterocycles. The first-order valence-electron chi connectivity index (χ1n) is 6.88. The maximum absolute atomic E-state index is 12.2. The van der Waals surface area contributed by atoms with Crippen LogP contribution in [0.4, 0.5) is 5.69 Å². The number of oxime groups is 1. The summed E-state index contributed by atoms with van der Waals surface area (Å²) in [7, 11) is 0. The first-order valence-corrected chi connectivity index (χ1v) is 6.88. The molecule has 1 unspecified atom stereocenters. The molecule has 3 rings (SSSR count). The Bertz CT molecular complexity index is 663. The van der Waals surface area contributed by atoms with Crippen molar-refractivity contribution in [3.63, 3.8) is 0 Å². The summed E-state index contributed by atoms with van der Waals surface area (Å²) in [5.74, 6) is -0.173. The van der Waals surface area contributed by atoms with Crippen molar-refractivity contribution in [2.45, 2.75) is 19.4 Å². The van der Waals surface area contributed by atoms with E-state index in [1.165, 1.54) is 0 Å². The smallest absolute Gasteiger partial charge is 0.268 e. The number of aryl methyl sites for hydroxylation is 1. The number of amides is 1. The minimum absolute atomic E-state index is 0.173. The van der Waals surface area contributed by atoms with Gasteiger partial charge in [0.25, 0.3) is 5.91 Å². The highest BCUT2D eigenvalue weighted by Gasteiger charge is 2.28. The molecule has 2 aromatic rings. The van der Waals surface area contributed by atoms with E-state index in [0.717, 1.165) is 22.5 Å². The molecule has 4 nitrogen and oxygen atoms in total. The third-order valence-corrected chi connectivity index (χ3v) is 3.39. The number of benzene rings is 2. The molecule has 0 fully saturated rings. The van der Waals surface area contributed by atoms with Gasteiger partial charge in [0.15, 0.2) is 0 Å². The quantitative estimate of drug-likeness (QED) is 0.939. The molecule has 106 valence electrons. The number of hydrogen-bond donors (Lipinski definition) is 1. The van der Waals surface area contributed by atoms with Crippen LogP contribution in [0.5, 0.6) is 0 Å². The summed E-state index contributed by atoms with van der Waals surface area (Å²) in [6.07, 6.45) is -0.0802. The molecule has 0 aliphatic carbocycles. The van der Waals surface area contributed by atoms with Gasteiger partial charge in [0.2, 0.25) is 6.10 Å². The lowest BCUT2D eigenvalue weighted by atomic mass is 10.0. The molecule has 1 aliphatic heterocycles. The van der Waals surface area contributed by atoms with Crippen molar-refractivity contribution in [2.24, 2.45) is 5.16 Å². The Balaban J connectivity index is 1.62. The van der Waals surface area contributed by atoms with Crippen LogP contribution in [-0.2, 0) is 9.63 Å². The first kappa shape index (κ1) is 13.4. The normalized spacial score (nSPS) is 17.0. The van der Waals surface area contributed by atoms with Crippen molar-refractivity contribution >= 4 is 17.3 Å². The van der Waals surface area contributed by atoms with Gasteiger partial charge in [-0.3, -0.25) is 4.79 Å². The molecule has 0 saturated heterocycles. The van der Waals surface area contributed by atoms with Crippen LogP contribution in [0.2, 0.25) is 0 Å². The van der Waals surface area contributed by atoms with E-state index in [1.807, 2.05) is 61.5 Å². The van der Waals surface area contributed by atoms with E-state index in [-0.39, 0.29) is 5.91 Å². The predicted molar refractivity (Wildman–Crippen MR) is 82.3 cm³/mol. The summed E-state index contributed by atoms with van der Waals surface area (Å²) in [6.45, 7) is 2.01. The average Bonchev–Trinajstić information content (AvgIpc) is 3.00. The van der Waals surface area contributed by atoms with Gasteiger partial charge in [-0.15, -0.1) is 0 Å². The molecule has 0 spiro atoms. The van der Waals surface area contributed by atoms with Crippen LogP contribution in [0.15, 0.2) is 59.8 Å². The van der Waals surface area contributed by atoms with E-state index in [4.69, 9.17) is 4.84 Å². The van der Waals surface area contributed by atoms with Crippen molar-refractivity contribution in [1.82, 2.24) is 0 Å². The van der Waals surface area contributed by atoms with E-state index in [0.29, 0.717) is 6.42 Å². The molecular formula is C17H16N2O2. The number of hydrogen-bond acceptors (Lipinski definition) is 3. The Morgan fingerprint density at radius 3 is 2.57 bits per heavy atom. The number of rotatable bonds is 3. The average molecular weight is 280 g/mol. The second-order valence-electron chi connectivity index (χ2n) is 5.06. The highest BCUT2D eigenvalue weighted by atomic mass is 16.6. The minimum atomic E-state index is -0.568. The molecular weight excluding hydrogens is 264 g/mol. The highest BCUT2D eigenvalue weighted by Crippen LogP contribution is 2.18. The minimum Gasteiger partial charge on any atom is -0.382 e. The second-order valence-corrected chi connectivity index (χ2v) is 5.06. The fraction of sp³-hybridized carbons (Fsp3) is 0.176. The molecule has 0 bridgehead atoms. The molecule has 1 atom stereocenters. The Morgan fingerprint density at radius 1 is 1.14 bits per heavy atom. The monoisotopic (exact) mass is 280 g/mol. The number of carbonyl (C=O) groups is 1. The van der Waals surface area contributed by atoms with Crippen LogP contribution in [0.25, 0.3) is 0 Å². The van der Waals surface area contributed by atoms with Crippen LogP contribution >= 0.6 is 0 Å². The van der Waals surface area contributed by atoms with Gasteiger partial charge in [-0.25, -0.2) is 0 Å². The van der Waals surface area contributed by atoms with E-state index in [1.54, 1.807) is 0 Å². The van der Waals surface area contributed by atoms with Gasteiger partial charge in [0.1, 0.15) is 0 Å². The van der Waals surface area contributed by atoms with Crippen molar-refractivity contribution in [3.05, 3.63) is 65.7 Å². The van der Waals surface area contributed by atoms with Gasteiger partial charge < -0.3 is 10.2 Å². The van der Waals surface area contributed by atoms with Crippen LogP contribution in [0.3, 0.4) is 0 Å². The lowest BCUT2D eigenvalue weighted by Crippen LogP contribution is -2.28. The van der Waals surface area contributed by atoms with E-state index in [9.17, 15) is 4.79 Å². The summed E-state index contributed by atoms with van der Waals surface area (Å²) in [4.78, 5) is 17.4. The SMILES string of the molecule is Cc1ccc(NC(=O)C2CC(c3ccccc3)=NO2)cc1. The molecule has 1 amide bonds. The molecule has 0 saturated carbocycles. The molecule has 1 N–H and O–H groups in total. The van der Waals surface area contributed by atoms with E-state index < -0.39 is 6.10 Å². The standard InChI is InChI=1S/C17H16N2O2/c1-12-7-9-14(10-8-12)18-17(20)16-11-15(19-21-16)13-5-3-2-4-6-13/h2-10,16H,11H2,1H3,(H,18,20). The van der Waals surface area contributed by atoms with Crippen molar-refractivity contribution in [2.75, 3.05) is 5.32 Å². The van der Waals surface area contributed by atoms with Crippen LogP contribution in [-0.4, -0.2) is 17.7 Å². The predicted octanol–water partition coefficient (Wildman–Crippen LogP) is 3.13. The van der Waals surface area contributed by atoms with Crippen molar-refractivity contribution < 1.29 is 9.63 Å². The Labute approximate surface area is 123 Å². The number of carbonyl (C=O) groups excluding carboxylic acids is 1. The summed E-state index contributed by atoms with van der Waals surface area (Å²) in [6, 6.07) is 17.4. The summed E-state index contributed by atoms with van der Waals surface area (Å²) < 4.78 is 0. The molecule has 0 radical (unpaired) electrons. The van der Waals surface area contributed by atoms with Crippen LogP contribution < -0.4 is 5.32 Å². The maximum atomic E-state index is 12.2. The largest absolute Gasteiger partial charge is 0.382 e. The third-order valence-electron chi connectivity index (χ3n) is 3.39. The third kappa shape index (κ3) is 3.11. The zero-order chi connectivity index (χ0) is 14.7. The van der Waals surface area contributed by atoms with Gasteiger partial charge in [-0.05, 0) is 24.6 Å². The lowest BCUT2D eigenvalue weighted by molar-refractivity contribution is -0.125. The van der Waals surface area contributed by atoms with Gasteiger partial charge in [0.05, 0.1) is 5.71 Å². The number of nitrogens with one attached hydrogen (secondary N) is 1. The Kier molecular flexibility index (Phi) is 3.69. The molecule has 1 aliphatic rings. The van der Waals surface area contributed by atoms with Gasteiger partial charge in [-0.2, -0.15) is 0 Å². The van der Waals surface area contributed by atoms with Gasteiger partial charge >= 0.3 is 0 Å². The fourth-order valence-electron chi connectivity index (χ4n) is 2.18. The van der Waals surface area contributed by atoms with Crippen molar-refractivity contribution in [1.29, 1.82) is 0 Å². The summed E-state index contributed by atoms with van der Waals surface area (Å²) in [5.41, 5.74) is 3.71. The fourth-order valence-corrected chi connectivity index (χ4v) is 2.18. The van der Waals surface area contributed by atoms with Crippen LogP contribution in [0, 0.1) is 6.92 Å². The van der Waals surface area contributed by atoms with Gasteiger partial charge in [0, 0.05) is 12.1 Å². The van der Waals surface area contributed by atoms with Crippen LogP contribution in [0.1, 0.15) is 17.5 Å². The maximum Gasteiger partial charge on any atom is 0.268 e. The zero-order valence-corrected chi connectivity index (χ0v) is 11.7. The zero-order valence-electron chi connectivity index (χ0n) is 11.7. The second kappa shape index (κ2) is 5.79. The first-order chi connectivity index (χ1) is 10.2. The summed E-state index contributed by atoms with van der Waals surface area (Å²) >= 11 is 0. The van der Waals surface area contributed by atoms with E-state index in [2.05, 4.69) is 10.5 Å².